The first-order chi connectivity index (χ1) is 11.5. The van der Waals surface area contributed by atoms with Crippen molar-refractivity contribution < 1.29 is 19.2 Å². The third kappa shape index (κ3) is 3.71. The van der Waals surface area contributed by atoms with Crippen molar-refractivity contribution in [1.29, 1.82) is 0 Å². The largest absolute Gasteiger partial charge is 0.488 e. The Morgan fingerprint density at radius 2 is 1.79 bits per heavy atom. The van der Waals surface area contributed by atoms with Gasteiger partial charge in [0.2, 0.25) is 0 Å². The molecule has 3 N–H and O–H groups in total. The summed E-state index contributed by atoms with van der Waals surface area (Å²) < 4.78 is 13.3. The van der Waals surface area contributed by atoms with Crippen LogP contribution in [-0.2, 0) is 0 Å². The minimum absolute atomic E-state index is 0.278. The van der Waals surface area contributed by atoms with Gasteiger partial charge in [-0.1, -0.05) is 24.3 Å². The predicted octanol–water partition coefficient (Wildman–Crippen LogP) is 2.49. The Hall–Kier alpha value is -2.48. The molecule has 1 heterocycles. The molecule has 7 heteroatoms. The number of hydrogen-bond acceptors (Lipinski definition) is 4. The van der Waals surface area contributed by atoms with Gasteiger partial charge in [-0.2, -0.15) is 0 Å². The van der Waals surface area contributed by atoms with Crippen LogP contribution in [0.3, 0.4) is 0 Å². The number of halogens is 1. The monoisotopic (exact) mass is 341 g/mol. The second-order valence-corrected chi connectivity index (χ2v) is 6.21. The number of anilines is 1. The van der Waals surface area contributed by atoms with E-state index in [1.54, 1.807) is 36.4 Å². The molecule has 0 fully saturated rings. The molecule has 0 radical (unpaired) electrons. The first kappa shape index (κ1) is 16.4. The van der Waals surface area contributed by atoms with Crippen LogP contribution in [0.2, 0.25) is 0 Å². The molecule has 1 aromatic heterocycles. The lowest BCUT2D eigenvalue weighted by Crippen LogP contribution is -2.29. The number of thiophene rings is 1. The zero-order chi connectivity index (χ0) is 17.1. The van der Waals surface area contributed by atoms with Crippen molar-refractivity contribution in [3.8, 4) is 10.4 Å². The van der Waals surface area contributed by atoms with E-state index in [1.165, 1.54) is 35.6 Å². The average Bonchev–Trinajstić information content (AvgIpc) is 3.05. The second kappa shape index (κ2) is 6.96. The molecule has 0 spiro atoms. The van der Waals surface area contributed by atoms with Gasteiger partial charge in [0.1, 0.15) is 5.82 Å². The highest BCUT2D eigenvalue weighted by molar-refractivity contribution is 7.17. The number of hydrogen-bond donors (Lipinski definition) is 3. The lowest BCUT2D eigenvalue weighted by Gasteiger charge is -2.05. The van der Waals surface area contributed by atoms with E-state index in [9.17, 15) is 9.18 Å². The van der Waals surface area contributed by atoms with E-state index in [-0.39, 0.29) is 11.7 Å². The predicted molar refractivity (Wildman–Crippen MR) is 93.9 cm³/mol. The summed E-state index contributed by atoms with van der Waals surface area (Å²) in [6, 6.07) is 15.9. The Bertz CT molecular complexity index is 864. The van der Waals surface area contributed by atoms with E-state index in [2.05, 4.69) is 5.32 Å². The molecule has 0 saturated heterocycles. The van der Waals surface area contributed by atoms with Crippen molar-refractivity contribution in [1.82, 2.24) is 0 Å². The van der Waals surface area contributed by atoms with Crippen LogP contribution in [-0.4, -0.2) is 23.1 Å². The lowest BCUT2D eigenvalue weighted by atomic mass is 9.80. The van der Waals surface area contributed by atoms with Crippen molar-refractivity contribution in [2.45, 2.75) is 0 Å². The molecule has 2 aromatic carbocycles. The van der Waals surface area contributed by atoms with Crippen molar-refractivity contribution in [3.05, 3.63) is 71.4 Å². The second-order valence-electron chi connectivity index (χ2n) is 5.12. The van der Waals surface area contributed by atoms with E-state index in [0.717, 1.165) is 10.4 Å². The van der Waals surface area contributed by atoms with Gasteiger partial charge < -0.3 is 15.4 Å². The van der Waals surface area contributed by atoms with E-state index in [4.69, 9.17) is 10.0 Å². The normalized spacial score (nSPS) is 10.5. The Labute approximate surface area is 142 Å². The van der Waals surface area contributed by atoms with Crippen LogP contribution in [0, 0.1) is 5.82 Å². The molecule has 0 saturated carbocycles. The Balaban J connectivity index is 1.74. The third-order valence-corrected chi connectivity index (χ3v) is 4.54. The van der Waals surface area contributed by atoms with Crippen LogP contribution >= 0.6 is 11.3 Å². The molecule has 3 aromatic rings. The van der Waals surface area contributed by atoms with E-state index < -0.39 is 7.12 Å². The third-order valence-electron chi connectivity index (χ3n) is 3.41. The number of carbonyl (C=O) groups excluding carboxylic acids is 1. The average molecular weight is 341 g/mol. The van der Waals surface area contributed by atoms with E-state index >= 15 is 0 Å². The van der Waals surface area contributed by atoms with Gasteiger partial charge in [0.05, 0.1) is 4.88 Å². The standard InChI is InChI=1S/C17H13BFNO3S/c19-13-3-1-2-11(10-13)15-8-9-16(24-15)17(21)20-14-6-4-12(5-7-14)18(22)23/h1-10,22-23H,(H,20,21). The summed E-state index contributed by atoms with van der Waals surface area (Å²) in [5, 5.41) is 20.8. The number of amides is 1. The van der Waals surface area contributed by atoms with Gasteiger partial charge in [-0.15, -0.1) is 11.3 Å². The molecular weight excluding hydrogens is 328 g/mol. The fourth-order valence-corrected chi connectivity index (χ4v) is 3.09. The van der Waals surface area contributed by atoms with Crippen LogP contribution in [0.15, 0.2) is 60.7 Å². The van der Waals surface area contributed by atoms with Gasteiger partial charge in [-0.25, -0.2) is 4.39 Å². The highest BCUT2D eigenvalue weighted by Crippen LogP contribution is 2.29. The van der Waals surface area contributed by atoms with Crippen molar-refractivity contribution in [3.63, 3.8) is 0 Å². The molecule has 0 aliphatic heterocycles. The summed E-state index contributed by atoms with van der Waals surface area (Å²) in [5.41, 5.74) is 1.61. The first-order valence-corrected chi connectivity index (χ1v) is 7.98. The maximum atomic E-state index is 13.3. The van der Waals surface area contributed by atoms with E-state index in [1.807, 2.05) is 0 Å². The van der Waals surface area contributed by atoms with Crippen molar-refractivity contribution in [2.75, 3.05) is 5.32 Å². The number of nitrogens with one attached hydrogen (secondary N) is 1. The summed E-state index contributed by atoms with van der Waals surface area (Å²) >= 11 is 1.27. The molecule has 0 atom stereocenters. The Kier molecular flexibility index (Phi) is 4.75. The van der Waals surface area contributed by atoms with Gasteiger partial charge in [0.25, 0.3) is 5.91 Å². The summed E-state index contributed by atoms with van der Waals surface area (Å²) in [6.07, 6.45) is 0. The molecule has 1 amide bonds. The zero-order valence-corrected chi connectivity index (χ0v) is 13.3. The fourth-order valence-electron chi connectivity index (χ4n) is 2.19. The molecular formula is C17H13BFNO3S. The smallest absolute Gasteiger partial charge is 0.423 e. The molecule has 0 aliphatic rings. The molecule has 3 rings (SSSR count). The molecule has 120 valence electrons. The highest BCUT2D eigenvalue weighted by atomic mass is 32.1. The Morgan fingerprint density at radius 3 is 2.46 bits per heavy atom. The lowest BCUT2D eigenvalue weighted by molar-refractivity contribution is 0.103. The van der Waals surface area contributed by atoms with Gasteiger partial charge in [0.15, 0.2) is 0 Å². The number of rotatable bonds is 4. The summed E-state index contributed by atoms with van der Waals surface area (Å²) in [6.45, 7) is 0. The maximum absolute atomic E-state index is 13.3. The minimum atomic E-state index is -1.54. The summed E-state index contributed by atoms with van der Waals surface area (Å²) in [5.74, 6) is -0.599. The van der Waals surface area contributed by atoms with Crippen LogP contribution in [0.4, 0.5) is 10.1 Å². The van der Waals surface area contributed by atoms with Crippen LogP contribution < -0.4 is 10.8 Å². The molecule has 24 heavy (non-hydrogen) atoms. The van der Waals surface area contributed by atoms with Gasteiger partial charge in [0, 0.05) is 10.6 Å². The molecule has 4 nitrogen and oxygen atoms in total. The first-order valence-electron chi connectivity index (χ1n) is 7.16. The minimum Gasteiger partial charge on any atom is -0.423 e. The SMILES string of the molecule is O=C(Nc1ccc(B(O)O)cc1)c1ccc(-c2cccc(F)c2)s1. The fraction of sp³-hybridized carbons (Fsp3) is 0. The topological polar surface area (TPSA) is 69.6 Å². The maximum Gasteiger partial charge on any atom is 0.488 e. The van der Waals surface area contributed by atoms with Crippen molar-refractivity contribution in [2.24, 2.45) is 0 Å². The van der Waals surface area contributed by atoms with Crippen molar-refractivity contribution >= 4 is 35.5 Å². The van der Waals surface area contributed by atoms with Gasteiger partial charge >= 0.3 is 7.12 Å². The molecule has 0 aliphatic carbocycles. The van der Waals surface area contributed by atoms with Gasteiger partial charge in [-0.3, -0.25) is 4.79 Å². The number of carbonyl (C=O) groups is 1. The van der Waals surface area contributed by atoms with Gasteiger partial charge in [-0.05, 0) is 47.4 Å². The molecule has 0 bridgehead atoms. The van der Waals surface area contributed by atoms with Crippen LogP contribution in [0.5, 0.6) is 0 Å². The Morgan fingerprint density at radius 1 is 1.04 bits per heavy atom. The zero-order valence-electron chi connectivity index (χ0n) is 12.4. The number of benzene rings is 2. The summed E-state index contributed by atoms with van der Waals surface area (Å²) in [4.78, 5) is 13.6. The van der Waals surface area contributed by atoms with Crippen LogP contribution in [0.25, 0.3) is 10.4 Å². The highest BCUT2D eigenvalue weighted by Gasteiger charge is 2.13. The molecule has 0 unspecified atom stereocenters. The quantitative estimate of drug-likeness (QED) is 0.639. The summed E-state index contributed by atoms with van der Waals surface area (Å²) in [7, 11) is -1.54. The van der Waals surface area contributed by atoms with E-state index in [0.29, 0.717) is 16.0 Å². The van der Waals surface area contributed by atoms with Crippen LogP contribution in [0.1, 0.15) is 9.67 Å².